The average molecular weight is 278 g/mol. The topological polar surface area (TPSA) is 62.2 Å². The lowest BCUT2D eigenvalue weighted by molar-refractivity contribution is 0.0952. The first-order chi connectivity index (χ1) is 10.2. The summed E-state index contributed by atoms with van der Waals surface area (Å²) in [6, 6.07) is 16.1. The molecule has 2 aromatic carbocycles. The van der Waals surface area contributed by atoms with Gasteiger partial charge in [-0.05, 0) is 29.8 Å². The monoisotopic (exact) mass is 278 g/mol. The minimum atomic E-state index is -0.156. The smallest absolute Gasteiger partial charge is 0.252 e. The number of amides is 1. The highest BCUT2D eigenvalue weighted by molar-refractivity contribution is 6.05. The Morgan fingerprint density at radius 1 is 1.10 bits per heavy atom. The summed E-state index contributed by atoms with van der Waals surface area (Å²) in [5, 5.41) is 13.1. The number of aromatic hydroxyl groups is 1. The lowest BCUT2D eigenvalue weighted by Gasteiger charge is -2.08. The average Bonchev–Trinajstić information content (AvgIpc) is 2.52. The summed E-state index contributed by atoms with van der Waals surface area (Å²) in [5.74, 6) is 0.0352. The Hall–Kier alpha value is -2.88. The summed E-state index contributed by atoms with van der Waals surface area (Å²) in [6.07, 6.45) is 1.63. The molecule has 1 heterocycles. The fraction of sp³-hybridized carbons (Fsp3) is 0.0588. The van der Waals surface area contributed by atoms with Crippen LogP contribution in [0.5, 0.6) is 5.75 Å². The van der Waals surface area contributed by atoms with Crippen molar-refractivity contribution in [3.63, 3.8) is 0 Å². The van der Waals surface area contributed by atoms with Crippen molar-refractivity contribution < 1.29 is 9.90 Å². The predicted molar refractivity (Wildman–Crippen MR) is 81.0 cm³/mol. The zero-order valence-corrected chi connectivity index (χ0v) is 11.3. The van der Waals surface area contributed by atoms with Crippen LogP contribution in [-0.2, 0) is 6.54 Å². The minimum absolute atomic E-state index is 0.156. The van der Waals surface area contributed by atoms with Gasteiger partial charge in [0.15, 0.2) is 0 Å². The number of hydrogen-bond acceptors (Lipinski definition) is 3. The molecule has 3 rings (SSSR count). The Morgan fingerprint density at radius 2 is 1.95 bits per heavy atom. The molecule has 0 aliphatic heterocycles. The molecule has 104 valence electrons. The van der Waals surface area contributed by atoms with E-state index in [0.717, 1.165) is 16.5 Å². The molecule has 0 saturated heterocycles. The van der Waals surface area contributed by atoms with E-state index in [1.807, 2.05) is 30.3 Å². The number of hydrogen-bond donors (Lipinski definition) is 2. The number of nitrogens with one attached hydrogen (secondary N) is 1. The number of nitrogens with zero attached hydrogens (tertiary/aromatic N) is 1. The molecule has 0 aliphatic carbocycles. The third kappa shape index (κ3) is 2.84. The summed E-state index contributed by atoms with van der Waals surface area (Å²) in [5.41, 5.74) is 2.24. The second-order valence-corrected chi connectivity index (χ2v) is 4.73. The van der Waals surface area contributed by atoms with Crippen LogP contribution in [0.1, 0.15) is 15.9 Å². The Bertz CT molecular complexity index is 794. The summed E-state index contributed by atoms with van der Waals surface area (Å²) in [6.45, 7) is 0.365. The predicted octanol–water partition coefficient (Wildman–Crippen LogP) is 2.87. The first kappa shape index (κ1) is 13.1. The maximum absolute atomic E-state index is 12.3. The van der Waals surface area contributed by atoms with Gasteiger partial charge in [-0.25, -0.2) is 0 Å². The van der Waals surface area contributed by atoms with E-state index >= 15 is 0 Å². The third-order valence-corrected chi connectivity index (χ3v) is 3.26. The highest BCUT2D eigenvalue weighted by atomic mass is 16.3. The van der Waals surface area contributed by atoms with E-state index in [1.165, 1.54) is 0 Å². The third-order valence-electron chi connectivity index (χ3n) is 3.26. The van der Waals surface area contributed by atoms with Crippen LogP contribution < -0.4 is 5.32 Å². The SMILES string of the molecule is O=C(NCc1cccc(O)c1)c1ccnc2ccccc12. The molecule has 0 aliphatic rings. The molecule has 4 heteroatoms. The van der Waals surface area contributed by atoms with Gasteiger partial charge in [0.1, 0.15) is 5.75 Å². The minimum Gasteiger partial charge on any atom is -0.508 e. The van der Waals surface area contributed by atoms with Gasteiger partial charge in [-0.15, -0.1) is 0 Å². The van der Waals surface area contributed by atoms with Crippen molar-refractivity contribution in [2.75, 3.05) is 0 Å². The Morgan fingerprint density at radius 3 is 2.81 bits per heavy atom. The van der Waals surface area contributed by atoms with Gasteiger partial charge in [-0.3, -0.25) is 9.78 Å². The number of para-hydroxylation sites is 1. The van der Waals surface area contributed by atoms with Crippen molar-refractivity contribution in [2.24, 2.45) is 0 Å². The normalized spacial score (nSPS) is 10.5. The Labute approximate surface area is 122 Å². The largest absolute Gasteiger partial charge is 0.508 e. The van der Waals surface area contributed by atoms with Gasteiger partial charge in [0.25, 0.3) is 5.91 Å². The standard InChI is InChI=1S/C17H14N2O2/c20-13-5-3-4-12(10-13)11-19-17(21)15-8-9-18-16-7-2-1-6-14(15)16/h1-10,20H,11H2,(H,19,21). The number of pyridine rings is 1. The maximum Gasteiger partial charge on any atom is 0.252 e. The van der Waals surface area contributed by atoms with Crippen LogP contribution in [0.15, 0.2) is 60.8 Å². The van der Waals surface area contributed by atoms with Gasteiger partial charge < -0.3 is 10.4 Å². The molecule has 21 heavy (non-hydrogen) atoms. The molecule has 0 spiro atoms. The van der Waals surface area contributed by atoms with Crippen molar-refractivity contribution in [3.8, 4) is 5.75 Å². The van der Waals surface area contributed by atoms with Gasteiger partial charge in [-0.2, -0.15) is 0 Å². The molecule has 1 aromatic heterocycles. The maximum atomic E-state index is 12.3. The van der Waals surface area contributed by atoms with Gasteiger partial charge in [0.05, 0.1) is 11.1 Å². The van der Waals surface area contributed by atoms with Gasteiger partial charge in [0.2, 0.25) is 0 Å². The second-order valence-electron chi connectivity index (χ2n) is 4.73. The van der Waals surface area contributed by atoms with Crippen molar-refractivity contribution in [1.29, 1.82) is 0 Å². The van der Waals surface area contributed by atoms with Gasteiger partial charge in [-0.1, -0.05) is 30.3 Å². The number of phenols is 1. The molecule has 0 radical (unpaired) electrons. The van der Waals surface area contributed by atoms with Crippen LogP contribution in [0, 0.1) is 0 Å². The first-order valence-electron chi connectivity index (χ1n) is 6.64. The molecular formula is C17H14N2O2. The molecule has 0 bridgehead atoms. The zero-order chi connectivity index (χ0) is 14.7. The highest BCUT2D eigenvalue weighted by Crippen LogP contribution is 2.16. The van der Waals surface area contributed by atoms with Gasteiger partial charge >= 0.3 is 0 Å². The Kier molecular flexibility index (Phi) is 3.51. The molecule has 3 aromatic rings. The van der Waals surface area contributed by atoms with E-state index in [4.69, 9.17) is 0 Å². The Balaban J connectivity index is 1.81. The van der Waals surface area contributed by atoms with Crippen LogP contribution in [0.2, 0.25) is 0 Å². The zero-order valence-electron chi connectivity index (χ0n) is 11.3. The lowest BCUT2D eigenvalue weighted by Crippen LogP contribution is -2.23. The fourth-order valence-electron chi connectivity index (χ4n) is 2.24. The number of carbonyl (C=O) groups is 1. The fourth-order valence-corrected chi connectivity index (χ4v) is 2.24. The summed E-state index contributed by atoms with van der Waals surface area (Å²) < 4.78 is 0. The number of aromatic nitrogens is 1. The number of phenolic OH excluding ortho intramolecular Hbond substituents is 1. The molecule has 2 N–H and O–H groups in total. The van der Waals surface area contributed by atoms with Crippen LogP contribution in [0.4, 0.5) is 0 Å². The molecular weight excluding hydrogens is 264 g/mol. The van der Waals surface area contributed by atoms with E-state index in [-0.39, 0.29) is 11.7 Å². The van der Waals surface area contributed by atoms with E-state index in [2.05, 4.69) is 10.3 Å². The number of rotatable bonds is 3. The summed E-state index contributed by atoms with van der Waals surface area (Å²) in [4.78, 5) is 16.6. The number of fused-ring (bicyclic) bond motifs is 1. The van der Waals surface area contributed by atoms with Crippen molar-refractivity contribution >= 4 is 16.8 Å². The summed E-state index contributed by atoms with van der Waals surface area (Å²) >= 11 is 0. The first-order valence-corrected chi connectivity index (χ1v) is 6.64. The van der Waals surface area contributed by atoms with Crippen LogP contribution in [0.25, 0.3) is 10.9 Å². The van der Waals surface area contributed by atoms with Gasteiger partial charge in [0, 0.05) is 18.1 Å². The van der Waals surface area contributed by atoms with Crippen molar-refractivity contribution in [2.45, 2.75) is 6.54 Å². The molecule has 0 unspecified atom stereocenters. The number of carbonyl (C=O) groups excluding carboxylic acids is 1. The van der Waals surface area contributed by atoms with Crippen LogP contribution in [-0.4, -0.2) is 16.0 Å². The second kappa shape index (κ2) is 5.63. The summed E-state index contributed by atoms with van der Waals surface area (Å²) in [7, 11) is 0. The molecule has 4 nitrogen and oxygen atoms in total. The lowest BCUT2D eigenvalue weighted by atomic mass is 10.1. The van der Waals surface area contributed by atoms with Crippen LogP contribution in [0.3, 0.4) is 0 Å². The van der Waals surface area contributed by atoms with Crippen molar-refractivity contribution in [1.82, 2.24) is 10.3 Å². The molecule has 1 amide bonds. The van der Waals surface area contributed by atoms with Crippen LogP contribution >= 0.6 is 0 Å². The van der Waals surface area contributed by atoms with E-state index in [9.17, 15) is 9.90 Å². The van der Waals surface area contributed by atoms with Crippen molar-refractivity contribution in [3.05, 3.63) is 71.9 Å². The molecule has 0 fully saturated rings. The van der Waals surface area contributed by atoms with E-state index in [1.54, 1.807) is 30.5 Å². The molecule has 0 atom stereocenters. The molecule has 0 saturated carbocycles. The number of benzene rings is 2. The highest BCUT2D eigenvalue weighted by Gasteiger charge is 2.09. The van der Waals surface area contributed by atoms with E-state index in [0.29, 0.717) is 12.1 Å². The van der Waals surface area contributed by atoms with E-state index < -0.39 is 0 Å². The quantitative estimate of drug-likeness (QED) is 0.774.